The van der Waals surface area contributed by atoms with Gasteiger partial charge >= 0.3 is 12.2 Å². The minimum atomic E-state index is -4.66. The van der Waals surface area contributed by atoms with Crippen LogP contribution in [-0.4, -0.2) is 34.8 Å². The van der Waals surface area contributed by atoms with Gasteiger partial charge in [0.15, 0.2) is 5.69 Å². The average molecular weight is 470 g/mol. The van der Waals surface area contributed by atoms with Gasteiger partial charge in [0.05, 0.1) is 17.9 Å². The van der Waals surface area contributed by atoms with Crippen molar-refractivity contribution >= 4 is 23.3 Å². The molecule has 0 atom stereocenters. The van der Waals surface area contributed by atoms with Crippen LogP contribution in [0.2, 0.25) is 5.02 Å². The first-order chi connectivity index (χ1) is 15.0. The largest absolute Gasteiger partial charge is 0.435 e. The molecule has 32 heavy (non-hydrogen) atoms. The van der Waals surface area contributed by atoms with Crippen LogP contribution in [0.1, 0.15) is 17.0 Å². The zero-order valence-corrected chi connectivity index (χ0v) is 17.9. The molecule has 170 valence electrons. The van der Waals surface area contributed by atoms with E-state index in [1.165, 1.54) is 12.1 Å². The van der Waals surface area contributed by atoms with Gasteiger partial charge in [0.25, 0.3) is 0 Å². The Kier molecular flexibility index (Phi) is 7.05. The van der Waals surface area contributed by atoms with E-state index in [1.807, 2.05) is 0 Å². The summed E-state index contributed by atoms with van der Waals surface area (Å²) >= 11 is 5.94. The highest BCUT2D eigenvalue weighted by molar-refractivity contribution is 6.30. The number of halogens is 5. The SMILES string of the molecule is CN(C)Cc1ccc(NC(=O)NCc2cc(C(F)(F)F)nn2-c2cccc(Cl)c2)cc1F. The monoisotopic (exact) mass is 469 g/mol. The molecule has 0 bridgehead atoms. The number of aromatic nitrogens is 2. The lowest BCUT2D eigenvalue weighted by atomic mass is 10.2. The second-order valence-electron chi connectivity index (χ2n) is 7.26. The van der Waals surface area contributed by atoms with Crippen LogP contribution in [0, 0.1) is 5.82 Å². The summed E-state index contributed by atoms with van der Waals surface area (Å²) in [5.41, 5.74) is -0.0350. The molecule has 0 fully saturated rings. The fourth-order valence-corrected chi connectivity index (χ4v) is 3.14. The Morgan fingerprint density at radius 3 is 2.53 bits per heavy atom. The Labute approximate surface area is 186 Å². The highest BCUT2D eigenvalue weighted by Gasteiger charge is 2.35. The standard InChI is InChI=1S/C21H20ClF4N5O/c1-30(2)12-13-6-7-15(9-18(13)23)28-20(32)27-11-17-10-19(21(24,25)26)29-31(17)16-5-3-4-14(22)8-16/h3-10H,11-12H2,1-2H3,(H2,27,28,32). The van der Waals surface area contributed by atoms with Gasteiger partial charge in [0.1, 0.15) is 5.82 Å². The Balaban J connectivity index is 1.74. The minimum Gasteiger partial charge on any atom is -0.332 e. The van der Waals surface area contributed by atoms with Crippen molar-refractivity contribution in [2.45, 2.75) is 19.3 Å². The van der Waals surface area contributed by atoms with Crippen molar-refractivity contribution in [2.24, 2.45) is 0 Å². The average Bonchev–Trinajstić information content (AvgIpc) is 3.13. The fraction of sp³-hybridized carbons (Fsp3) is 0.238. The van der Waals surface area contributed by atoms with Gasteiger partial charge in [-0.3, -0.25) is 0 Å². The third-order valence-electron chi connectivity index (χ3n) is 4.35. The molecule has 3 rings (SSSR count). The van der Waals surface area contributed by atoms with E-state index >= 15 is 0 Å². The highest BCUT2D eigenvalue weighted by Crippen LogP contribution is 2.30. The first-order valence-electron chi connectivity index (χ1n) is 9.43. The molecule has 0 aliphatic carbocycles. The molecule has 2 amide bonds. The Morgan fingerprint density at radius 2 is 1.91 bits per heavy atom. The topological polar surface area (TPSA) is 62.2 Å². The molecule has 11 heteroatoms. The quantitative estimate of drug-likeness (QED) is 0.496. The Morgan fingerprint density at radius 1 is 1.16 bits per heavy atom. The van der Waals surface area contributed by atoms with Gasteiger partial charge in [0.2, 0.25) is 0 Å². The van der Waals surface area contributed by atoms with Gasteiger partial charge in [-0.2, -0.15) is 18.3 Å². The van der Waals surface area contributed by atoms with Gasteiger partial charge in [-0.25, -0.2) is 13.9 Å². The molecule has 0 spiro atoms. The van der Waals surface area contributed by atoms with Crippen molar-refractivity contribution in [3.05, 3.63) is 76.3 Å². The summed E-state index contributed by atoms with van der Waals surface area (Å²) in [4.78, 5) is 14.0. The van der Waals surface area contributed by atoms with E-state index in [1.54, 1.807) is 49.3 Å². The van der Waals surface area contributed by atoms with E-state index in [0.29, 0.717) is 22.8 Å². The zero-order chi connectivity index (χ0) is 23.5. The van der Waals surface area contributed by atoms with E-state index in [-0.39, 0.29) is 17.9 Å². The van der Waals surface area contributed by atoms with E-state index in [0.717, 1.165) is 10.7 Å². The number of alkyl halides is 3. The third-order valence-corrected chi connectivity index (χ3v) is 4.59. The maximum atomic E-state index is 14.2. The van der Waals surface area contributed by atoms with Crippen LogP contribution < -0.4 is 10.6 Å². The van der Waals surface area contributed by atoms with Gasteiger partial charge in [-0.05, 0) is 50.5 Å². The van der Waals surface area contributed by atoms with E-state index in [2.05, 4.69) is 15.7 Å². The Bertz CT molecular complexity index is 1110. The Hall–Kier alpha value is -3.11. The van der Waals surface area contributed by atoms with Crippen molar-refractivity contribution in [1.82, 2.24) is 20.0 Å². The van der Waals surface area contributed by atoms with Gasteiger partial charge in [-0.1, -0.05) is 23.7 Å². The number of anilines is 1. The molecule has 0 aliphatic heterocycles. The lowest BCUT2D eigenvalue weighted by Gasteiger charge is -2.13. The zero-order valence-electron chi connectivity index (χ0n) is 17.2. The smallest absolute Gasteiger partial charge is 0.332 e. The maximum absolute atomic E-state index is 14.2. The van der Waals surface area contributed by atoms with E-state index in [4.69, 9.17) is 11.6 Å². The predicted octanol–water partition coefficient (Wildman–Crippen LogP) is 5.07. The molecule has 2 N–H and O–H groups in total. The van der Waals surface area contributed by atoms with Crippen LogP contribution in [0.3, 0.4) is 0 Å². The third kappa shape index (κ3) is 5.98. The number of nitrogens with zero attached hydrogens (tertiary/aromatic N) is 3. The first-order valence-corrected chi connectivity index (χ1v) is 9.81. The normalized spacial score (nSPS) is 11.6. The van der Waals surface area contributed by atoms with Crippen molar-refractivity contribution in [3.63, 3.8) is 0 Å². The molecule has 0 unspecified atom stereocenters. The summed E-state index contributed by atoms with van der Waals surface area (Å²) in [5.74, 6) is -0.481. The van der Waals surface area contributed by atoms with Crippen molar-refractivity contribution in [1.29, 1.82) is 0 Å². The van der Waals surface area contributed by atoms with Gasteiger partial charge in [-0.15, -0.1) is 0 Å². The number of carbonyl (C=O) groups excluding carboxylic acids is 1. The van der Waals surface area contributed by atoms with Gasteiger partial charge in [0, 0.05) is 22.8 Å². The lowest BCUT2D eigenvalue weighted by Crippen LogP contribution is -2.29. The summed E-state index contributed by atoms with van der Waals surface area (Å²) in [6, 6.07) is 10.6. The number of nitrogens with one attached hydrogen (secondary N) is 2. The second kappa shape index (κ2) is 9.58. The highest BCUT2D eigenvalue weighted by atomic mass is 35.5. The van der Waals surface area contributed by atoms with Crippen LogP contribution in [0.15, 0.2) is 48.5 Å². The minimum absolute atomic E-state index is 0.0854. The number of rotatable bonds is 6. The summed E-state index contributed by atoms with van der Waals surface area (Å²) in [6.07, 6.45) is -4.66. The number of urea groups is 1. The number of hydrogen-bond donors (Lipinski definition) is 2. The van der Waals surface area contributed by atoms with Crippen LogP contribution >= 0.6 is 11.6 Å². The van der Waals surface area contributed by atoms with E-state index < -0.39 is 23.7 Å². The summed E-state index contributed by atoms with van der Waals surface area (Å²) in [6.45, 7) is 0.135. The van der Waals surface area contributed by atoms with Crippen LogP contribution in [0.5, 0.6) is 0 Å². The molecule has 0 radical (unpaired) electrons. The number of carbonyl (C=O) groups is 1. The molecule has 0 aliphatic rings. The van der Waals surface area contributed by atoms with Crippen LogP contribution in [0.25, 0.3) is 5.69 Å². The molecular weight excluding hydrogens is 450 g/mol. The fourth-order valence-electron chi connectivity index (χ4n) is 2.96. The first kappa shape index (κ1) is 23.6. The van der Waals surface area contributed by atoms with Crippen LogP contribution in [-0.2, 0) is 19.3 Å². The van der Waals surface area contributed by atoms with E-state index in [9.17, 15) is 22.4 Å². The maximum Gasteiger partial charge on any atom is 0.435 e. The number of hydrogen-bond acceptors (Lipinski definition) is 3. The molecule has 6 nitrogen and oxygen atoms in total. The second-order valence-corrected chi connectivity index (χ2v) is 7.70. The number of benzene rings is 2. The molecular formula is C21H20ClF4N5O. The molecule has 1 heterocycles. The molecule has 0 saturated carbocycles. The van der Waals surface area contributed by atoms with Crippen LogP contribution in [0.4, 0.5) is 28.0 Å². The summed E-state index contributed by atoms with van der Waals surface area (Å²) in [5, 5.41) is 8.85. The van der Waals surface area contributed by atoms with Crippen molar-refractivity contribution in [2.75, 3.05) is 19.4 Å². The summed E-state index contributed by atoms with van der Waals surface area (Å²) < 4.78 is 54.7. The molecule has 1 aromatic heterocycles. The summed E-state index contributed by atoms with van der Waals surface area (Å²) in [7, 11) is 3.61. The predicted molar refractivity (Wildman–Crippen MR) is 113 cm³/mol. The lowest BCUT2D eigenvalue weighted by molar-refractivity contribution is -0.141. The van der Waals surface area contributed by atoms with Crippen molar-refractivity contribution < 1.29 is 22.4 Å². The molecule has 0 saturated heterocycles. The molecule has 2 aromatic carbocycles. The number of amides is 2. The van der Waals surface area contributed by atoms with Gasteiger partial charge < -0.3 is 15.5 Å². The molecule has 3 aromatic rings. The van der Waals surface area contributed by atoms with Crippen molar-refractivity contribution in [3.8, 4) is 5.69 Å².